The second-order valence-electron chi connectivity index (χ2n) is 5.48. The molecule has 0 amide bonds. The molecule has 1 aromatic carbocycles. The van der Waals surface area contributed by atoms with Gasteiger partial charge in [0, 0.05) is 22.5 Å². The highest BCUT2D eigenvalue weighted by Gasteiger charge is 2.27. The van der Waals surface area contributed by atoms with Gasteiger partial charge in [-0.15, -0.1) is 11.3 Å². The van der Waals surface area contributed by atoms with Crippen molar-refractivity contribution in [2.45, 2.75) is 39.2 Å². The second kappa shape index (κ2) is 6.02. The molecule has 2 aromatic rings. The van der Waals surface area contributed by atoms with Crippen molar-refractivity contribution in [1.82, 2.24) is 10.3 Å². The Morgan fingerprint density at radius 3 is 2.55 bits per heavy atom. The Kier molecular flexibility index (Phi) is 4.55. The first-order valence-electron chi connectivity index (χ1n) is 6.90. The fourth-order valence-corrected chi connectivity index (χ4v) is 3.24. The Morgan fingerprint density at radius 1 is 1.30 bits per heavy atom. The standard InChI is InChI=1S/C16H21FN2S/c1-5-18-11(2)14-10-19-15(20-14)16(3,4)12-6-8-13(17)9-7-12/h6-11,18H,5H2,1-4H3. The number of nitrogens with one attached hydrogen (secondary N) is 1. The minimum atomic E-state index is -0.206. The molecule has 1 atom stereocenters. The molecular formula is C16H21FN2S. The highest BCUT2D eigenvalue weighted by molar-refractivity contribution is 7.11. The van der Waals surface area contributed by atoms with Gasteiger partial charge in [-0.05, 0) is 45.0 Å². The monoisotopic (exact) mass is 292 g/mol. The summed E-state index contributed by atoms with van der Waals surface area (Å²) < 4.78 is 13.1. The third kappa shape index (κ3) is 3.07. The molecule has 0 aliphatic rings. The van der Waals surface area contributed by atoms with Crippen molar-refractivity contribution >= 4 is 11.3 Å². The molecule has 0 saturated carbocycles. The lowest BCUT2D eigenvalue weighted by molar-refractivity contribution is 0.605. The van der Waals surface area contributed by atoms with E-state index in [0.29, 0.717) is 6.04 Å². The van der Waals surface area contributed by atoms with Gasteiger partial charge in [-0.3, -0.25) is 0 Å². The number of hydrogen-bond acceptors (Lipinski definition) is 3. The molecule has 0 saturated heterocycles. The van der Waals surface area contributed by atoms with Gasteiger partial charge in [0.1, 0.15) is 10.8 Å². The number of rotatable bonds is 5. The Balaban J connectivity index is 2.27. The van der Waals surface area contributed by atoms with E-state index in [1.54, 1.807) is 11.3 Å². The SMILES string of the molecule is CCNC(C)c1cnc(C(C)(C)c2ccc(F)cc2)s1. The lowest BCUT2D eigenvalue weighted by atomic mass is 9.85. The summed E-state index contributed by atoms with van der Waals surface area (Å²) in [5.41, 5.74) is 0.874. The number of hydrogen-bond donors (Lipinski definition) is 1. The number of nitrogens with zero attached hydrogens (tertiary/aromatic N) is 1. The van der Waals surface area contributed by atoms with Crippen molar-refractivity contribution in [3.05, 3.63) is 51.7 Å². The maximum atomic E-state index is 13.1. The molecule has 1 N–H and O–H groups in total. The molecule has 108 valence electrons. The number of benzene rings is 1. The zero-order valence-corrected chi connectivity index (χ0v) is 13.2. The van der Waals surface area contributed by atoms with Crippen LogP contribution in [0.25, 0.3) is 0 Å². The van der Waals surface area contributed by atoms with E-state index in [9.17, 15) is 4.39 Å². The van der Waals surface area contributed by atoms with Crippen molar-refractivity contribution in [1.29, 1.82) is 0 Å². The van der Waals surface area contributed by atoms with E-state index in [0.717, 1.165) is 17.1 Å². The maximum absolute atomic E-state index is 13.1. The lowest BCUT2D eigenvalue weighted by Gasteiger charge is -2.22. The molecule has 1 aromatic heterocycles. The minimum Gasteiger partial charge on any atom is -0.310 e. The first-order chi connectivity index (χ1) is 9.45. The van der Waals surface area contributed by atoms with Gasteiger partial charge in [0.25, 0.3) is 0 Å². The number of aromatic nitrogens is 1. The third-order valence-electron chi connectivity index (χ3n) is 3.56. The van der Waals surface area contributed by atoms with Crippen LogP contribution in [-0.4, -0.2) is 11.5 Å². The summed E-state index contributed by atoms with van der Waals surface area (Å²) in [7, 11) is 0. The minimum absolute atomic E-state index is 0.204. The predicted octanol–water partition coefficient (Wildman–Crippen LogP) is 4.28. The highest BCUT2D eigenvalue weighted by atomic mass is 32.1. The smallest absolute Gasteiger partial charge is 0.123 e. The maximum Gasteiger partial charge on any atom is 0.123 e. The van der Waals surface area contributed by atoms with E-state index < -0.39 is 0 Å². The van der Waals surface area contributed by atoms with Crippen LogP contribution in [0.1, 0.15) is 49.2 Å². The third-order valence-corrected chi connectivity index (χ3v) is 5.06. The summed E-state index contributed by atoms with van der Waals surface area (Å²) in [6, 6.07) is 7.00. The largest absolute Gasteiger partial charge is 0.310 e. The van der Waals surface area contributed by atoms with Gasteiger partial charge in [0.05, 0.1) is 0 Å². The van der Waals surface area contributed by atoms with Crippen LogP contribution >= 0.6 is 11.3 Å². The molecule has 1 unspecified atom stereocenters. The Hall–Kier alpha value is -1.26. The summed E-state index contributed by atoms with van der Waals surface area (Å²) in [4.78, 5) is 5.81. The average Bonchev–Trinajstić information content (AvgIpc) is 2.90. The van der Waals surface area contributed by atoms with Gasteiger partial charge in [0.2, 0.25) is 0 Å². The first kappa shape index (κ1) is 15.1. The van der Waals surface area contributed by atoms with Crippen LogP contribution in [0.2, 0.25) is 0 Å². The van der Waals surface area contributed by atoms with Gasteiger partial charge >= 0.3 is 0 Å². The molecule has 0 bridgehead atoms. The predicted molar refractivity (Wildman–Crippen MR) is 82.7 cm³/mol. The fraction of sp³-hybridized carbons (Fsp3) is 0.438. The summed E-state index contributed by atoms with van der Waals surface area (Å²) in [5.74, 6) is -0.204. The molecule has 0 radical (unpaired) electrons. The lowest BCUT2D eigenvalue weighted by Crippen LogP contribution is -2.18. The topological polar surface area (TPSA) is 24.9 Å². The Bertz CT molecular complexity index is 560. The van der Waals surface area contributed by atoms with Crippen LogP contribution in [0.3, 0.4) is 0 Å². The molecule has 2 rings (SSSR count). The fourth-order valence-electron chi connectivity index (χ4n) is 2.17. The molecule has 4 heteroatoms. The van der Waals surface area contributed by atoms with E-state index >= 15 is 0 Å². The van der Waals surface area contributed by atoms with Crippen molar-refractivity contribution in [3.63, 3.8) is 0 Å². The van der Waals surface area contributed by atoms with Crippen molar-refractivity contribution < 1.29 is 4.39 Å². The first-order valence-corrected chi connectivity index (χ1v) is 7.72. The van der Waals surface area contributed by atoms with Crippen LogP contribution in [0.15, 0.2) is 30.5 Å². The van der Waals surface area contributed by atoms with Crippen molar-refractivity contribution in [2.24, 2.45) is 0 Å². The molecule has 0 aliphatic heterocycles. The molecule has 1 heterocycles. The molecule has 0 spiro atoms. The summed E-state index contributed by atoms with van der Waals surface area (Å²) in [6.07, 6.45) is 1.94. The van der Waals surface area contributed by atoms with Crippen LogP contribution in [0.4, 0.5) is 4.39 Å². The highest BCUT2D eigenvalue weighted by Crippen LogP contribution is 2.35. The summed E-state index contributed by atoms with van der Waals surface area (Å²) in [5, 5.41) is 4.45. The van der Waals surface area contributed by atoms with E-state index in [1.165, 1.54) is 17.0 Å². The molecular weight excluding hydrogens is 271 g/mol. The van der Waals surface area contributed by atoms with E-state index in [2.05, 4.69) is 38.0 Å². The van der Waals surface area contributed by atoms with Gasteiger partial charge in [-0.1, -0.05) is 19.1 Å². The zero-order valence-electron chi connectivity index (χ0n) is 12.4. The summed E-state index contributed by atoms with van der Waals surface area (Å²) in [6.45, 7) is 9.43. The number of thiazole rings is 1. The van der Waals surface area contributed by atoms with E-state index in [-0.39, 0.29) is 11.2 Å². The zero-order chi connectivity index (χ0) is 14.8. The molecule has 20 heavy (non-hydrogen) atoms. The van der Waals surface area contributed by atoms with Gasteiger partial charge < -0.3 is 5.32 Å². The number of halogens is 1. The quantitative estimate of drug-likeness (QED) is 0.889. The van der Waals surface area contributed by atoms with Gasteiger partial charge in [-0.25, -0.2) is 9.37 Å². The molecule has 0 fully saturated rings. The van der Waals surface area contributed by atoms with Crippen molar-refractivity contribution in [3.8, 4) is 0 Å². The van der Waals surface area contributed by atoms with Crippen molar-refractivity contribution in [2.75, 3.05) is 6.54 Å². The van der Waals surface area contributed by atoms with Crippen LogP contribution in [0.5, 0.6) is 0 Å². The second-order valence-corrected chi connectivity index (χ2v) is 6.54. The van der Waals surface area contributed by atoms with Gasteiger partial charge in [0.15, 0.2) is 0 Å². The molecule has 2 nitrogen and oxygen atoms in total. The van der Waals surface area contributed by atoms with E-state index in [1.807, 2.05) is 18.3 Å². The Labute approximate surface area is 124 Å². The normalized spacial score (nSPS) is 13.4. The van der Waals surface area contributed by atoms with Crippen LogP contribution in [0, 0.1) is 5.82 Å². The van der Waals surface area contributed by atoms with Crippen LogP contribution < -0.4 is 5.32 Å². The molecule has 0 aliphatic carbocycles. The van der Waals surface area contributed by atoms with Gasteiger partial charge in [-0.2, -0.15) is 0 Å². The van der Waals surface area contributed by atoms with Crippen LogP contribution in [-0.2, 0) is 5.41 Å². The average molecular weight is 292 g/mol. The Morgan fingerprint density at radius 2 is 1.95 bits per heavy atom. The van der Waals surface area contributed by atoms with E-state index in [4.69, 9.17) is 0 Å². The summed E-state index contributed by atoms with van der Waals surface area (Å²) >= 11 is 1.72.